The van der Waals surface area contributed by atoms with Crippen molar-refractivity contribution in [1.82, 2.24) is 0 Å². The fourth-order valence-electron chi connectivity index (χ4n) is 5.30. The van der Waals surface area contributed by atoms with Crippen LogP contribution in [0.3, 0.4) is 0 Å². The monoisotopic (exact) mass is 630 g/mol. The van der Waals surface area contributed by atoms with Gasteiger partial charge >= 0.3 is 23.9 Å². The van der Waals surface area contributed by atoms with E-state index in [0.717, 1.165) is 57.8 Å². The van der Waals surface area contributed by atoms with E-state index in [1.807, 2.05) is 0 Å². The maximum absolute atomic E-state index is 13.1. The molecule has 0 rings (SSSR count). The van der Waals surface area contributed by atoms with Crippen LogP contribution in [0.5, 0.6) is 0 Å². The lowest BCUT2D eigenvalue weighted by Crippen LogP contribution is -2.38. The molecule has 0 saturated heterocycles. The van der Waals surface area contributed by atoms with Crippen molar-refractivity contribution in [2.75, 3.05) is 13.2 Å². The summed E-state index contributed by atoms with van der Waals surface area (Å²) in [6.45, 7) is 2.48. The van der Waals surface area contributed by atoms with Crippen LogP contribution in [0.25, 0.3) is 0 Å². The second-order valence-corrected chi connectivity index (χ2v) is 12.0. The molecule has 0 aliphatic rings. The second-order valence-electron chi connectivity index (χ2n) is 12.0. The van der Waals surface area contributed by atoms with E-state index < -0.39 is 61.1 Å². The van der Waals surface area contributed by atoms with Gasteiger partial charge in [-0.25, -0.2) is 9.59 Å². The van der Waals surface area contributed by atoms with Crippen molar-refractivity contribution in [2.45, 2.75) is 167 Å². The van der Waals surface area contributed by atoms with Crippen molar-refractivity contribution in [3.05, 3.63) is 0 Å². The van der Waals surface area contributed by atoms with E-state index >= 15 is 0 Å². The van der Waals surface area contributed by atoms with Crippen molar-refractivity contribution in [3.63, 3.8) is 0 Å². The Labute approximate surface area is 265 Å². The van der Waals surface area contributed by atoms with Gasteiger partial charge in [-0.2, -0.15) is 0 Å². The summed E-state index contributed by atoms with van der Waals surface area (Å²) in [5.41, 5.74) is 0. The molecule has 0 spiro atoms. The summed E-state index contributed by atoms with van der Waals surface area (Å²) >= 11 is 0. The van der Waals surface area contributed by atoms with Gasteiger partial charge in [0, 0.05) is 0 Å². The van der Waals surface area contributed by atoms with Gasteiger partial charge in [-0.15, -0.1) is 0 Å². The largest absolute Gasteiger partial charge is 0.393 e. The molecule has 0 radical (unpaired) electrons. The summed E-state index contributed by atoms with van der Waals surface area (Å²) < 4.78 is 9.65. The zero-order valence-electron chi connectivity index (χ0n) is 27.5. The zero-order chi connectivity index (χ0) is 33.0. The lowest BCUT2D eigenvalue weighted by Gasteiger charge is -2.24. The van der Waals surface area contributed by atoms with Crippen molar-refractivity contribution < 1.29 is 49.1 Å². The fourth-order valence-corrected chi connectivity index (χ4v) is 5.30. The molecule has 0 heterocycles. The normalized spacial score (nSPS) is 14.0. The molecule has 0 aromatic rings. The first-order valence-corrected chi connectivity index (χ1v) is 17.3. The van der Waals surface area contributed by atoms with E-state index in [-0.39, 0.29) is 12.8 Å². The Morgan fingerprint density at radius 3 is 0.932 bits per heavy atom. The third-order valence-electron chi connectivity index (χ3n) is 8.12. The first kappa shape index (κ1) is 42.1. The van der Waals surface area contributed by atoms with Gasteiger partial charge in [0.25, 0.3) is 0 Å². The average Bonchev–Trinajstić information content (AvgIpc) is 3.02. The molecule has 0 aliphatic carbocycles. The standard InChI is InChI=1S/C34H62O10/c1-3-5-7-9-11-12-13-14-15-16-17-18-20-22-24-28(32(40)44-34(42)30(38)26-36)27(23-21-19-10-8-6-4-2)31(39)43-33(41)29(37)25-35/h27-30,35-38H,3-26H2,1-2H3. The van der Waals surface area contributed by atoms with Crippen LogP contribution in [-0.4, -0.2) is 69.7 Å². The van der Waals surface area contributed by atoms with Gasteiger partial charge in [-0.1, -0.05) is 142 Å². The molecule has 10 nitrogen and oxygen atoms in total. The Bertz CT molecular complexity index is 756. The van der Waals surface area contributed by atoms with Gasteiger partial charge in [0.1, 0.15) is 0 Å². The highest BCUT2D eigenvalue weighted by Crippen LogP contribution is 2.29. The smallest absolute Gasteiger partial charge is 0.345 e. The first-order valence-electron chi connectivity index (χ1n) is 17.3. The van der Waals surface area contributed by atoms with Crippen LogP contribution in [0, 0.1) is 11.8 Å². The Hall–Kier alpha value is -1.88. The van der Waals surface area contributed by atoms with Crippen LogP contribution >= 0.6 is 0 Å². The summed E-state index contributed by atoms with van der Waals surface area (Å²) in [7, 11) is 0. The fraction of sp³-hybridized carbons (Fsp3) is 0.882. The molecular formula is C34H62O10. The highest BCUT2D eigenvalue weighted by Gasteiger charge is 2.38. The Kier molecular flexibility index (Phi) is 27.4. The van der Waals surface area contributed by atoms with Gasteiger partial charge in [0.15, 0.2) is 12.2 Å². The molecule has 10 heteroatoms. The number of aliphatic hydroxyl groups excluding tert-OH is 4. The maximum Gasteiger partial charge on any atom is 0.345 e. The highest BCUT2D eigenvalue weighted by atomic mass is 16.6. The summed E-state index contributed by atoms with van der Waals surface area (Å²) in [6.07, 6.45) is 18.2. The van der Waals surface area contributed by atoms with E-state index in [4.69, 9.17) is 19.7 Å². The van der Waals surface area contributed by atoms with E-state index in [2.05, 4.69) is 13.8 Å². The van der Waals surface area contributed by atoms with E-state index in [1.165, 1.54) is 57.8 Å². The molecule has 0 fully saturated rings. The van der Waals surface area contributed by atoms with Crippen LogP contribution in [0.2, 0.25) is 0 Å². The number of esters is 4. The van der Waals surface area contributed by atoms with Gasteiger partial charge < -0.3 is 29.9 Å². The third kappa shape index (κ3) is 21.0. The number of aliphatic hydroxyl groups is 4. The average molecular weight is 631 g/mol. The first-order chi connectivity index (χ1) is 21.2. The van der Waals surface area contributed by atoms with E-state index in [1.54, 1.807) is 0 Å². The predicted octanol–water partition coefficient (Wildman–Crippen LogP) is 5.69. The molecular weight excluding hydrogens is 568 g/mol. The maximum atomic E-state index is 13.1. The van der Waals surface area contributed by atoms with Gasteiger partial charge in [0.2, 0.25) is 0 Å². The van der Waals surface area contributed by atoms with Gasteiger partial charge in [0.05, 0.1) is 25.0 Å². The quantitative estimate of drug-likeness (QED) is 0.0458. The molecule has 4 N–H and O–H groups in total. The number of carbonyl (C=O) groups is 4. The molecule has 0 amide bonds. The number of carbonyl (C=O) groups excluding carboxylic acids is 4. The number of hydrogen-bond donors (Lipinski definition) is 4. The van der Waals surface area contributed by atoms with Crippen molar-refractivity contribution >= 4 is 23.9 Å². The molecule has 0 aromatic carbocycles. The Morgan fingerprint density at radius 2 is 0.682 bits per heavy atom. The summed E-state index contributed by atoms with van der Waals surface area (Å²) in [6, 6.07) is 0. The summed E-state index contributed by atoms with van der Waals surface area (Å²) in [4.78, 5) is 50.3. The minimum Gasteiger partial charge on any atom is -0.393 e. The SMILES string of the molecule is CCCCCCCCCCCCCCCCC(C(=O)OC(=O)C(O)CO)C(CCCCCCCC)C(=O)OC(=O)C(O)CO. The van der Waals surface area contributed by atoms with Crippen LogP contribution in [-0.2, 0) is 28.7 Å². The van der Waals surface area contributed by atoms with Crippen molar-refractivity contribution in [3.8, 4) is 0 Å². The van der Waals surface area contributed by atoms with E-state index in [9.17, 15) is 29.4 Å². The molecule has 0 aromatic heterocycles. The highest BCUT2D eigenvalue weighted by molar-refractivity contribution is 5.94. The van der Waals surface area contributed by atoms with Gasteiger partial charge in [-0.3, -0.25) is 9.59 Å². The second kappa shape index (κ2) is 28.6. The number of rotatable bonds is 29. The molecule has 44 heavy (non-hydrogen) atoms. The summed E-state index contributed by atoms with van der Waals surface area (Å²) in [5.74, 6) is -6.93. The minimum absolute atomic E-state index is 0.197. The third-order valence-corrected chi connectivity index (χ3v) is 8.12. The minimum atomic E-state index is -1.90. The topological polar surface area (TPSA) is 168 Å². The zero-order valence-corrected chi connectivity index (χ0v) is 27.5. The lowest BCUT2D eigenvalue weighted by molar-refractivity contribution is -0.178. The summed E-state index contributed by atoms with van der Waals surface area (Å²) in [5, 5.41) is 37.3. The lowest BCUT2D eigenvalue weighted by atomic mass is 9.83. The van der Waals surface area contributed by atoms with E-state index in [0.29, 0.717) is 12.8 Å². The number of ether oxygens (including phenoxy) is 2. The van der Waals surface area contributed by atoms with Crippen LogP contribution in [0.15, 0.2) is 0 Å². The van der Waals surface area contributed by atoms with Crippen molar-refractivity contribution in [1.29, 1.82) is 0 Å². The van der Waals surface area contributed by atoms with Crippen LogP contribution in [0.4, 0.5) is 0 Å². The van der Waals surface area contributed by atoms with Crippen molar-refractivity contribution in [2.24, 2.45) is 11.8 Å². The van der Waals surface area contributed by atoms with Crippen LogP contribution in [0.1, 0.15) is 155 Å². The van der Waals surface area contributed by atoms with Crippen LogP contribution < -0.4 is 0 Å². The molecule has 0 saturated carbocycles. The predicted molar refractivity (Wildman–Crippen MR) is 168 cm³/mol. The molecule has 4 unspecified atom stereocenters. The number of hydrogen-bond acceptors (Lipinski definition) is 10. The Morgan fingerprint density at radius 1 is 0.432 bits per heavy atom. The molecule has 0 aliphatic heterocycles. The Balaban J connectivity index is 5.13. The van der Waals surface area contributed by atoms with Gasteiger partial charge in [-0.05, 0) is 12.8 Å². The molecule has 258 valence electrons. The number of unbranched alkanes of at least 4 members (excludes halogenated alkanes) is 18. The molecule has 0 bridgehead atoms. The molecule has 4 atom stereocenters.